The third kappa shape index (κ3) is 3.10. The van der Waals surface area contributed by atoms with Crippen molar-refractivity contribution in [1.82, 2.24) is 20.1 Å². The lowest BCUT2D eigenvalue weighted by Gasteiger charge is -2.17. The van der Waals surface area contributed by atoms with Gasteiger partial charge in [0.1, 0.15) is 11.6 Å². The molecule has 1 aliphatic rings. The number of fused-ring (bicyclic) bond motifs is 1. The first-order valence-electron chi connectivity index (χ1n) is 7.37. The number of hydrogen-bond donors (Lipinski definition) is 1. The van der Waals surface area contributed by atoms with Crippen molar-refractivity contribution in [2.24, 2.45) is 5.92 Å². The van der Waals surface area contributed by atoms with Gasteiger partial charge in [0, 0.05) is 13.0 Å². The molecule has 4 nitrogen and oxygen atoms in total. The highest BCUT2D eigenvalue weighted by Crippen LogP contribution is 2.18. The average Bonchev–Trinajstić information content (AvgIpc) is 2.64. The largest absolute Gasteiger partial charge is 0.314 e. The minimum absolute atomic E-state index is 0.304. The van der Waals surface area contributed by atoms with Crippen LogP contribution in [0.2, 0.25) is 0 Å². The third-order valence-electron chi connectivity index (χ3n) is 3.99. The number of rotatable bonds is 5. The first kappa shape index (κ1) is 13.5. The van der Waals surface area contributed by atoms with Crippen LogP contribution in [0.4, 0.5) is 0 Å². The van der Waals surface area contributed by atoms with Crippen molar-refractivity contribution in [2.45, 2.75) is 65.5 Å². The smallest absolute Gasteiger partial charge is 0.149 e. The highest BCUT2D eigenvalue weighted by Gasteiger charge is 2.19. The van der Waals surface area contributed by atoms with Crippen LogP contribution in [0.5, 0.6) is 0 Å². The second-order valence-corrected chi connectivity index (χ2v) is 5.58. The molecule has 18 heavy (non-hydrogen) atoms. The molecule has 4 heteroatoms. The summed E-state index contributed by atoms with van der Waals surface area (Å²) in [6.45, 7) is 8.86. The standard InChI is InChI=1S/C14H26N4/c1-4-11(2)10-15-12(3)14-17-16-13-8-6-5-7-9-18(13)14/h11-12,15H,4-10H2,1-3H3. The number of hydrogen-bond acceptors (Lipinski definition) is 3. The van der Waals surface area contributed by atoms with Gasteiger partial charge in [0.15, 0.2) is 0 Å². The molecule has 1 aliphatic heterocycles. The summed E-state index contributed by atoms with van der Waals surface area (Å²) in [5, 5.41) is 12.3. The van der Waals surface area contributed by atoms with E-state index in [4.69, 9.17) is 0 Å². The first-order valence-corrected chi connectivity index (χ1v) is 7.37. The number of nitrogens with zero attached hydrogens (tertiary/aromatic N) is 3. The van der Waals surface area contributed by atoms with E-state index >= 15 is 0 Å². The first-order chi connectivity index (χ1) is 8.72. The molecule has 2 rings (SSSR count). The molecule has 2 atom stereocenters. The number of aromatic nitrogens is 3. The molecule has 102 valence electrons. The molecule has 0 amide bonds. The quantitative estimate of drug-likeness (QED) is 0.873. The van der Waals surface area contributed by atoms with Crippen LogP contribution < -0.4 is 5.32 Å². The molecule has 0 fully saturated rings. The predicted molar refractivity (Wildman–Crippen MR) is 73.4 cm³/mol. The third-order valence-corrected chi connectivity index (χ3v) is 3.99. The van der Waals surface area contributed by atoms with Crippen LogP contribution in [0.3, 0.4) is 0 Å². The van der Waals surface area contributed by atoms with Gasteiger partial charge in [-0.25, -0.2) is 0 Å². The molecular weight excluding hydrogens is 224 g/mol. The Morgan fingerprint density at radius 3 is 2.83 bits per heavy atom. The Morgan fingerprint density at radius 2 is 2.06 bits per heavy atom. The summed E-state index contributed by atoms with van der Waals surface area (Å²) in [5.74, 6) is 3.02. The zero-order valence-corrected chi connectivity index (χ0v) is 11.9. The van der Waals surface area contributed by atoms with Gasteiger partial charge < -0.3 is 9.88 Å². The van der Waals surface area contributed by atoms with Gasteiger partial charge >= 0.3 is 0 Å². The normalized spacial score (nSPS) is 19.1. The van der Waals surface area contributed by atoms with Crippen molar-refractivity contribution >= 4 is 0 Å². The Kier molecular flexibility index (Phi) is 4.75. The molecular formula is C14H26N4. The fourth-order valence-electron chi connectivity index (χ4n) is 2.44. The maximum atomic E-state index is 4.39. The van der Waals surface area contributed by atoms with E-state index in [-0.39, 0.29) is 0 Å². The van der Waals surface area contributed by atoms with Crippen LogP contribution in [-0.2, 0) is 13.0 Å². The number of nitrogens with one attached hydrogen (secondary N) is 1. The molecule has 2 heterocycles. The monoisotopic (exact) mass is 250 g/mol. The molecule has 0 aromatic carbocycles. The Labute approximate surface area is 110 Å². The van der Waals surface area contributed by atoms with Crippen molar-refractivity contribution in [1.29, 1.82) is 0 Å². The van der Waals surface area contributed by atoms with Crippen LogP contribution in [0, 0.1) is 5.92 Å². The van der Waals surface area contributed by atoms with E-state index < -0.39 is 0 Å². The van der Waals surface area contributed by atoms with E-state index in [2.05, 4.69) is 40.9 Å². The summed E-state index contributed by atoms with van der Waals surface area (Å²) >= 11 is 0. The van der Waals surface area contributed by atoms with Crippen molar-refractivity contribution in [3.63, 3.8) is 0 Å². The summed E-state index contributed by atoms with van der Waals surface area (Å²) in [5.41, 5.74) is 0. The van der Waals surface area contributed by atoms with Gasteiger partial charge in [0.2, 0.25) is 0 Å². The van der Waals surface area contributed by atoms with Gasteiger partial charge in [0.25, 0.3) is 0 Å². The Bertz CT molecular complexity index is 372. The molecule has 2 unspecified atom stereocenters. The summed E-state index contributed by atoms with van der Waals surface area (Å²) in [6.07, 6.45) is 6.14. The maximum Gasteiger partial charge on any atom is 0.149 e. The van der Waals surface area contributed by atoms with Crippen molar-refractivity contribution in [3.05, 3.63) is 11.6 Å². The molecule has 0 spiro atoms. The maximum absolute atomic E-state index is 4.39. The van der Waals surface area contributed by atoms with Crippen LogP contribution in [-0.4, -0.2) is 21.3 Å². The summed E-state index contributed by atoms with van der Waals surface area (Å²) < 4.78 is 2.33. The van der Waals surface area contributed by atoms with E-state index in [1.807, 2.05) is 0 Å². The van der Waals surface area contributed by atoms with Crippen LogP contribution in [0.15, 0.2) is 0 Å². The van der Waals surface area contributed by atoms with Crippen molar-refractivity contribution < 1.29 is 0 Å². The van der Waals surface area contributed by atoms with Gasteiger partial charge in [-0.3, -0.25) is 0 Å². The molecule has 1 aromatic rings. The number of aryl methyl sites for hydroxylation is 1. The molecule has 0 saturated heterocycles. The summed E-state index contributed by atoms with van der Waals surface area (Å²) in [7, 11) is 0. The Morgan fingerprint density at radius 1 is 1.22 bits per heavy atom. The summed E-state index contributed by atoms with van der Waals surface area (Å²) in [4.78, 5) is 0. The van der Waals surface area contributed by atoms with Crippen molar-refractivity contribution in [3.8, 4) is 0 Å². The van der Waals surface area contributed by atoms with Crippen LogP contribution in [0.25, 0.3) is 0 Å². The highest BCUT2D eigenvalue weighted by molar-refractivity contribution is 5.01. The fourth-order valence-corrected chi connectivity index (χ4v) is 2.44. The molecule has 0 aliphatic carbocycles. The van der Waals surface area contributed by atoms with E-state index in [0.717, 1.165) is 31.3 Å². The van der Waals surface area contributed by atoms with Gasteiger partial charge in [-0.05, 0) is 32.2 Å². The fraction of sp³-hybridized carbons (Fsp3) is 0.857. The van der Waals surface area contributed by atoms with Crippen LogP contribution in [0.1, 0.15) is 64.1 Å². The molecule has 1 N–H and O–H groups in total. The topological polar surface area (TPSA) is 42.7 Å². The lowest BCUT2D eigenvalue weighted by Crippen LogP contribution is -2.26. The van der Waals surface area contributed by atoms with Gasteiger partial charge in [-0.2, -0.15) is 0 Å². The SMILES string of the molecule is CCC(C)CNC(C)c1nnc2n1CCCCC2. The van der Waals surface area contributed by atoms with Crippen LogP contribution >= 0.6 is 0 Å². The Balaban J connectivity index is 2.01. The lowest BCUT2D eigenvalue weighted by atomic mass is 10.1. The van der Waals surface area contributed by atoms with E-state index in [0.29, 0.717) is 6.04 Å². The second-order valence-electron chi connectivity index (χ2n) is 5.58. The minimum Gasteiger partial charge on any atom is -0.314 e. The average molecular weight is 250 g/mol. The van der Waals surface area contributed by atoms with Gasteiger partial charge in [0.05, 0.1) is 6.04 Å². The van der Waals surface area contributed by atoms with Gasteiger partial charge in [-0.15, -0.1) is 10.2 Å². The minimum atomic E-state index is 0.304. The zero-order valence-electron chi connectivity index (χ0n) is 11.9. The lowest BCUT2D eigenvalue weighted by molar-refractivity contribution is 0.437. The Hall–Kier alpha value is -0.900. The van der Waals surface area contributed by atoms with E-state index in [1.165, 1.54) is 31.5 Å². The molecule has 0 bridgehead atoms. The van der Waals surface area contributed by atoms with E-state index in [1.54, 1.807) is 0 Å². The molecule has 0 radical (unpaired) electrons. The zero-order chi connectivity index (χ0) is 13.0. The second kappa shape index (κ2) is 6.32. The molecule has 0 saturated carbocycles. The molecule has 1 aromatic heterocycles. The predicted octanol–water partition coefficient (Wildman–Crippen LogP) is 2.70. The van der Waals surface area contributed by atoms with Crippen molar-refractivity contribution in [2.75, 3.05) is 6.54 Å². The highest BCUT2D eigenvalue weighted by atomic mass is 15.3. The van der Waals surface area contributed by atoms with E-state index in [9.17, 15) is 0 Å². The summed E-state index contributed by atoms with van der Waals surface area (Å²) in [6, 6.07) is 0.304. The van der Waals surface area contributed by atoms with Gasteiger partial charge in [-0.1, -0.05) is 26.7 Å².